The number of para-hydroxylation sites is 1. The Morgan fingerprint density at radius 3 is 2.53 bits per heavy atom. The van der Waals surface area contributed by atoms with Crippen molar-refractivity contribution in [2.45, 2.75) is 82.4 Å². The Balaban J connectivity index is 0.765. The highest BCUT2D eigenvalue weighted by Gasteiger charge is 2.32. The summed E-state index contributed by atoms with van der Waals surface area (Å²) in [5.74, 6) is 6.05. The number of imide groups is 1. The summed E-state index contributed by atoms with van der Waals surface area (Å²) in [6.45, 7) is 5.12. The average Bonchev–Trinajstić information content (AvgIpc) is 3.92. The van der Waals surface area contributed by atoms with E-state index in [1.807, 2.05) is 12.1 Å². The molecule has 4 aromatic heterocycles. The van der Waals surface area contributed by atoms with E-state index in [4.69, 9.17) is 4.74 Å². The number of rotatable bonds is 10. The van der Waals surface area contributed by atoms with Gasteiger partial charge in [-0.3, -0.25) is 38.4 Å². The second-order valence-corrected chi connectivity index (χ2v) is 16.3. The number of alkyl halides is 2. The van der Waals surface area contributed by atoms with Crippen LogP contribution in [0.4, 0.5) is 14.5 Å². The van der Waals surface area contributed by atoms with Crippen LogP contribution >= 0.6 is 0 Å². The van der Waals surface area contributed by atoms with Gasteiger partial charge in [0.2, 0.25) is 17.7 Å². The number of hydrogen-bond acceptors (Lipinski definition) is 10. The number of fused-ring (bicyclic) bond motifs is 2. The molecular weight excluding hydrogens is 777 g/mol. The Morgan fingerprint density at radius 2 is 1.80 bits per heavy atom. The fraction of sp³-hybridized carbons (Fsp3) is 0.500. The van der Waals surface area contributed by atoms with Crippen molar-refractivity contribution in [1.29, 1.82) is 0 Å². The lowest BCUT2D eigenvalue weighted by atomic mass is 9.85. The number of aryl methyl sites for hydroxylation is 1. The quantitative estimate of drug-likeness (QED) is 0.155. The third-order valence-corrected chi connectivity index (χ3v) is 12.5. The Morgan fingerprint density at radius 1 is 1.02 bits per heavy atom. The van der Waals surface area contributed by atoms with Crippen molar-refractivity contribution in [3.8, 4) is 17.7 Å². The number of carbonyl (C=O) groups is 3. The normalized spacial score (nSPS) is 21.8. The lowest BCUT2D eigenvalue weighted by Crippen LogP contribution is -2.48. The maximum absolute atomic E-state index is 14.2. The Labute approximate surface area is 343 Å². The highest BCUT2D eigenvalue weighted by Crippen LogP contribution is 2.36. The number of ether oxygens (including phenoxy) is 1. The van der Waals surface area contributed by atoms with E-state index in [1.165, 1.54) is 26.0 Å². The molecule has 2 saturated heterocycles. The average molecular weight is 824 g/mol. The van der Waals surface area contributed by atoms with Crippen LogP contribution in [-0.2, 0) is 16.6 Å². The summed E-state index contributed by atoms with van der Waals surface area (Å²) >= 11 is 0. The molecule has 5 aromatic rings. The number of benzene rings is 1. The number of amides is 3. The van der Waals surface area contributed by atoms with Gasteiger partial charge in [0, 0.05) is 64.7 Å². The minimum Gasteiger partial charge on any atom is -0.474 e. The summed E-state index contributed by atoms with van der Waals surface area (Å²) in [5.41, 5.74) is 1.62. The molecule has 1 aromatic carbocycles. The zero-order chi connectivity index (χ0) is 41.5. The first kappa shape index (κ1) is 39.5. The molecule has 0 radical (unpaired) electrons. The number of piperidine rings is 1. The van der Waals surface area contributed by atoms with E-state index in [9.17, 15) is 28.0 Å². The van der Waals surface area contributed by atoms with Gasteiger partial charge < -0.3 is 15.0 Å². The van der Waals surface area contributed by atoms with Gasteiger partial charge in [0.05, 0.1) is 41.1 Å². The number of aromatic nitrogens is 7. The van der Waals surface area contributed by atoms with E-state index in [1.54, 1.807) is 30.1 Å². The van der Waals surface area contributed by atoms with E-state index in [0.717, 1.165) is 77.7 Å². The van der Waals surface area contributed by atoms with E-state index in [-0.39, 0.29) is 53.5 Å². The number of nitrogens with one attached hydrogen (secondary N) is 2. The van der Waals surface area contributed by atoms with Gasteiger partial charge in [-0.2, -0.15) is 15.2 Å². The van der Waals surface area contributed by atoms with Crippen molar-refractivity contribution in [3.05, 3.63) is 70.2 Å². The van der Waals surface area contributed by atoms with Crippen molar-refractivity contribution < 1.29 is 27.9 Å². The first-order valence-corrected chi connectivity index (χ1v) is 20.8. The molecule has 4 fully saturated rings. The van der Waals surface area contributed by atoms with Gasteiger partial charge in [-0.15, -0.1) is 0 Å². The SMILES string of the molecule is Cn1c(=O)n(C2CCC(=O)NC2=O)c2cccc(C#CCN3CCN(CC4CCC(n5cc(NC(=O)c6cnn7ccc(OC8CCC8)nc67)c(C(F)F)n5)CC4)CC3)c21. The highest BCUT2D eigenvalue weighted by molar-refractivity contribution is 6.08. The van der Waals surface area contributed by atoms with Crippen LogP contribution < -0.4 is 21.1 Å². The smallest absolute Gasteiger partial charge is 0.329 e. The maximum atomic E-state index is 14.2. The number of imidazole rings is 1. The van der Waals surface area contributed by atoms with Gasteiger partial charge in [-0.05, 0) is 69.4 Å². The second-order valence-electron chi connectivity index (χ2n) is 16.3. The summed E-state index contributed by atoms with van der Waals surface area (Å²) in [6, 6.07) is 6.41. The largest absolute Gasteiger partial charge is 0.474 e. The minimum absolute atomic E-state index is 0.0209. The third kappa shape index (κ3) is 7.91. The minimum atomic E-state index is -2.86. The standard InChI is InChI=1S/C42H47F2N11O5/c1-50-37-27(5-2-9-32(37)55(42(50)59)33-14-15-34(56)47-41(33)58)6-4-17-51-19-21-52(22-20-51)24-26-10-12-28(13-11-26)54-25-31(36(49-54)38(43)44)46-40(57)30-23-45-53-18-16-35(48-39(30)53)60-29-7-3-8-29/h2,5,9,16,18,23,25-26,28-29,33,38H,3,7-8,10-15,17,19-22,24H2,1H3,(H,46,57)(H,47,56,58). The van der Waals surface area contributed by atoms with Crippen molar-refractivity contribution in [1.82, 2.24) is 48.6 Å². The molecule has 3 amide bonds. The van der Waals surface area contributed by atoms with Crippen LogP contribution in [0.5, 0.6) is 5.88 Å². The molecule has 0 bridgehead atoms. The van der Waals surface area contributed by atoms with E-state index in [2.05, 4.69) is 47.5 Å². The molecule has 1 atom stereocenters. The first-order valence-electron chi connectivity index (χ1n) is 20.8. The Bertz CT molecular complexity index is 2560. The van der Waals surface area contributed by atoms with E-state index < -0.39 is 30.0 Å². The van der Waals surface area contributed by atoms with Crippen molar-refractivity contribution in [3.63, 3.8) is 0 Å². The van der Waals surface area contributed by atoms with E-state index >= 15 is 0 Å². The molecule has 9 rings (SSSR count). The van der Waals surface area contributed by atoms with Crippen LogP contribution in [0, 0.1) is 17.8 Å². The molecule has 2 N–H and O–H groups in total. The lowest BCUT2D eigenvalue weighted by Gasteiger charge is -2.37. The number of nitrogens with zero attached hydrogens (tertiary/aromatic N) is 9. The third-order valence-electron chi connectivity index (χ3n) is 12.5. The molecule has 2 aliphatic heterocycles. The van der Waals surface area contributed by atoms with Gasteiger partial charge in [0.15, 0.2) is 11.3 Å². The van der Waals surface area contributed by atoms with Crippen LogP contribution in [0.2, 0.25) is 0 Å². The van der Waals surface area contributed by atoms with Crippen molar-refractivity contribution >= 4 is 40.1 Å². The predicted octanol–water partition coefficient (Wildman–Crippen LogP) is 4.08. The molecular formula is C42H47F2N11O5. The number of piperazine rings is 1. The molecule has 18 heteroatoms. The summed E-state index contributed by atoms with van der Waals surface area (Å²) in [7, 11) is 1.67. The monoisotopic (exact) mass is 823 g/mol. The zero-order valence-electron chi connectivity index (χ0n) is 33.4. The van der Waals surface area contributed by atoms with Gasteiger partial charge in [0.1, 0.15) is 17.7 Å². The summed E-state index contributed by atoms with van der Waals surface area (Å²) < 4.78 is 40.3. The zero-order valence-corrected chi connectivity index (χ0v) is 33.4. The van der Waals surface area contributed by atoms with Gasteiger partial charge in [-0.25, -0.2) is 18.1 Å². The highest BCUT2D eigenvalue weighted by atomic mass is 19.3. The van der Waals surface area contributed by atoms with Crippen LogP contribution in [0.25, 0.3) is 16.7 Å². The fourth-order valence-electron chi connectivity index (χ4n) is 8.88. The van der Waals surface area contributed by atoms with Crippen LogP contribution in [0.3, 0.4) is 0 Å². The van der Waals surface area contributed by atoms with Gasteiger partial charge in [-0.1, -0.05) is 17.9 Å². The Hall–Kier alpha value is -5.93. The van der Waals surface area contributed by atoms with Crippen molar-refractivity contribution in [2.24, 2.45) is 13.0 Å². The number of carbonyl (C=O) groups excluding carboxylic acids is 3. The summed E-state index contributed by atoms with van der Waals surface area (Å²) in [6.07, 6.45) is 8.76. The predicted molar refractivity (Wildman–Crippen MR) is 216 cm³/mol. The first-order chi connectivity index (χ1) is 29.1. The topological polar surface area (TPSA) is 166 Å². The number of anilines is 1. The van der Waals surface area contributed by atoms with Crippen LogP contribution in [0.1, 0.15) is 97.9 Å². The van der Waals surface area contributed by atoms with Gasteiger partial charge in [0.25, 0.3) is 12.3 Å². The Kier molecular flexibility index (Phi) is 10.9. The van der Waals surface area contributed by atoms with Crippen LogP contribution in [0.15, 0.2) is 47.7 Å². The fourth-order valence-corrected chi connectivity index (χ4v) is 8.88. The maximum Gasteiger partial charge on any atom is 0.329 e. The summed E-state index contributed by atoms with van der Waals surface area (Å²) in [4.78, 5) is 60.2. The molecule has 0 spiro atoms. The molecule has 4 aliphatic rings. The van der Waals surface area contributed by atoms with Crippen molar-refractivity contribution in [2.75, 3.05) is 44.6 Å². The number of hydrogen-bond donors (Lipinski definition) is 2. The van der Waals surface area contributed by atoms with E-state index in [0.29, 0.717) is 34.9 Å². The molecule has 2 saturated carbocycles. The van der Waals surface area contributed by atoms with Gasteiger partial charge >= 0.3 is 5.69 Å². The molecule has 16 nitrogen and oxygen atoms in total. The molecule has 60 heavy (non-hydrogen) atoms. The molecule has 314 valence electrons. The van der Waals surface area contributed by atoms with Crippen LogP contribution in [-0.4, -0.2) is 106 Å². The molecule has 1 unspecified atom stereocenters. The number of halogens is 2. The summed E-state index contributed by atoms with van der Waals surface area (Å²) in [5, 5.41) is 13.5. The molecule has 6 heterocycles. The second kappa shape index (κ2) is 16.6. The lowest BCUT2D eigenvalue weighted by molar-refractivity contribution is -0.135. The molecule has 2 aliphatic carbocycles.